The lowest BCUT2D eigenvalue weighted by molar-refractivity contribution is 0.0571. The molecule has 1 aromatic carbocycles. The topological polar surface area (TPSA) is 33.1 Å². The molecule has 2 nitrogen and oxygen atoms in total. The van der Waals surface area contributed by atoms with E-state index in [1.54, 1.807) is 31.5 Å². The summed E-state index contributed by atoms with van der Waals surface area (Å²) in [4.78, 5) is 4.08. The molecule has 0 radical (unpaired) electrons. The fourth-order valence-corrected chi connectivity index (χ4v) is 2.00. The summed E-state index contributed by atoms with van der Waals surface area (Å²) in [7, 11) is 0. The summed E-state index contributed by atoms with van der Waals surface area (Å²) in [5, 5.41) is 10.5. The van der Waals surface area contributed by atoms with E-state index >= 15 is 0 Å². The number of hydrogen-bond donors (Lipinski definition) is 1. The van der Waals surface area contributed by atoms with E-state index in [0.29, 0.717) is 6.42 Å². The van der Waals surface area contributed by atoms with E-state index in [1.807, 2.05) is 13.0 Å². The van der Waals surface area contributed by atoms with Gasteiger partial charge in [0, 0.05) is 24.4 Å². The number of aliphatic hydroxyl groups is 1. The lowest BCUT2D eigenvalue weighted by Gasteiger charge is -2.24. The fourth-order valence-electron chi connectivity index (χ4n) is 2.00. The average molecular weight is 245 g/mol. The third-order valence-electron chi connectivity index (χ3n) is 2.93. The predicted octanol–water partition coefficient (Wildman–Crippen LogP) is 2.98. The predicted molar refractivity (Wildman–Crippen MR) is 68.6 cm³/mol. The molecule has 0 aliphatic carbocycles. The molecule has 18 heavy (non-hydrogen) atoms. The molecule has 1 heterocycles. The monoisotopic (exact) mass is 245 g/mol. The second-order valence-corrected chi connectivity index (χ2v) is 4.83. The van der Waals surface area contributed by atoms with Crippen LogP contribution >= 0.6 is 0 Å². The summed E-state index contributed by atoms with van der Waals surface area (Å²) < 4.78 is 13.1. The number of pyridine rings is 1. The molecule has 1 aromatic heterocycles. The van der Waals surface area contributed by atoms with Gasteiger partial charge in [-0.2, -0.15) is 0 Å². The third-order valence-corrected chi connectivity index (χ3v) is 2.93. The summed E-state index contributed by atoms with van der Waals surface area (Å²) in [6.07, 6.45) is 3.74. The Morgan fingerprint density at radius 1 is 1.28 bits per heavy atom. The number of benzene rings is 1. The van der Waals surface area contributed by atoms with Gasteiger partial charge in [0.25, 0.3) is 0 Å². The Morgan fingerprint density at radius 2 is 2.06 bits per heavy atom. The van der Waals surface area contributed by atoms with Gasteiger partial charge in [-0.1, -0.05) is 18.2 Å². The van der Waals surface area contributed by atoms with Crippen LogP contribution < -0.4 is 0 Å². The highest BCUT2D eigenvalue weighted by Gasteiger charge is 2.24. The molecule has 1 N–H and O–H groups in total. The van der Waals surface area contributed by atoms with Crippen LogP contribution in [0.2, 0.25) is 0 Å². The van der Waals surface area contributed by atoms with E-state index in [1.165, 1.54) is 12.1 Å². The van der Waals surface area contributed by atoms with Crippen molar-refractivity contribution in [1.82, 2.24) is 4.98 Å². The molecule has 3 heteroatoms. The molecule has 94 valence electrons. The minimum atomic E-state index is -1.05. The van der Waals surface area contributed by atoms with Crippen LogP contribution in [0.3, 0.4) is 0 Å². The highest BCUT2D eigenvalue weighted by atomic mass is 19.1. The highest BCUT2D eigenvalue weighted by molar-refractivity contribution is 5.26. The minimum Gasteiger partial charge on any atom is -0.385 e. The van der Waals surface area contributed by atoms with E-state index in [9.17, 15) is 9.50 Å². The van der Waals surface area contributed by atoms with Crippen molar-refractivity contribution in [3.63, 3.8) is 0 Å². The van der Waals surface area contributed by atoms with Crippen LogP contribution in [0, 0.1) is 12.7 Å². The van der Waals surface area contributed by atoms with Crippen molar-refractivity contribution in [3.05, 3.63) is 65.2 Å². The van der Waals surface area contributed by atoms with E-state index in [0.717, 1.165) is 16.7 Å². The van der Waals surface area contributed by atoms with Crippen molar-refractivity contribution in [3.8, 4) is 0 Å². The van der Waals surface area contributed by atoms with Gasteiger partial charge in [-0.05, 0) is 37.1 Å². The lowest BCUT2D eigenvalue weighted by Crippen LogP contribution is -2.24. The molecule has 1 atom stereocenters. The molecular formula is C15H16FNO. The minimum absolute atomic E-state index is 0.286. The van der Waals surface area contributed by atoms with Crippen molar-refractivity contribution in [2.24, 2.45) is 0 Å². The van der Waals surface area contributed by atoms with Crippen molar-refractivity contribution >= 4 is 0 Å². The number of nitrogens with zero attached hydrogens (tertiary/aromatic N) is 1. The number of halogens is 1. The van der Waals surface area contributed by atoms with Gasteiger partial charge in [-0.15, -0.1) is 0 Å². The molecule has 1 unspecified atom stereocenters. The van der Waals surface area contributed by atoms with Crippen LogP contribution in [-0.4, -0.2) is 10.1 Å². The van der Waals surface area contributed by atoms with Crippen LogP contribution in [0.1, 0.15) is 23.6 Å². The van der Waals surface area contributed by atoms with Crippen LogP contribution in [-0.2, 0) is 12.0 Å². The van der Waals surface area contributed by atoms with E-state index in [2.05, 4.69) is 4.98 Å². The maximum atomic E-state index is 13.1. The molecule has 0 spiro atoms. The van der Waals surface area contributed by atoms with Crippen LogP contribution in [0.5, 0.6) is 0 Å². The van der Waals surface area contributed by atoms with Gasteiger partial charge in [0.1, 0.15) is 5.82 Å². The van der Waals surface area contributed by atoms with Gasteiger partial charge in [0.2, 0.25) is 0 Å². The zero-order valence-corrected chi connectivity index (χ0v) is 10.5. The SMILES string of the molecule is Cc1cncc(C(C)(O)Cc2cccc(F)c2)c1. The normalized spacial score (nSPS) is 14.2. The first-order valence-electron chi connectivity index (χ1n) is 5.86. The van der Waals surface area contributed by atoms with Crippen LogP contribution in [0.15, 0.2) is 42.7 Å². The summed E-state index contributed by atoms with van der Waals surface area (Å²) >= 11 is 0. The van der Waals surface area contributed by atoms with Gasteiger partial charge in [0.15, 0.2) is 0 Å². The Balaban J connectivity index is 2.26. The number of aromatic nitrogens is 1. The summed E-state index contributed by atoms with van der Waals surface area (Å²) in [5.41, 5.74) is 1.45. The lowest BCUT2D eigenvalue weighted by atomic mass is 9.89. The molecule has 0 saturated heterocycles. The Kier molecular flexibility index (Phi) is 3.43. The summed E-state index contributed by atoms with van der Waals surface area (Å²) in [5.74, 6) is -0.286. The zero-order chi connectivity index (χ0) is 13.2. The first kappa shape index (κ1) is 12.7. The Labute approximate surface area is 106 Å². The molecule has 2 rings (SSSR count). The summed E-state index contributed by atoms with van der Waals surface area (Å²) in [6.45, 7) is 3.64. The number of hydrogen-bond acceptors (Lipinski definition) is 2. The average Bonchev–Trinajstić information content (AvgIpc) is 2.28. The second-order valence-electron chi connectivity index (χ2n) is 4.83. The van der Waals surface area contributed by atoms with E-state index in [-0.39, 0.29) is 5.82 Å². The first-order chi connectivity index (χ1) is 8.47. The summed E-state index contributed by atoms with van der Waals surface area (Å²) in [6, 6.07) is 8.19. The molecular weight excluding hydrogens is 229 g/mol. The Bertz CT molecular complexity index is 552. The van der Waals surface area contributed by atoms with Crippen molar-refractivity contribution in [2.45, 2.75) is 25.9 Å². The van der Waals surface area contributed by atoms with Gasteiger partial charge < -0.3 is 5.11 Å². The van der Waals surface area contributed by atoms with E-state index in [4.69, 9.17) is 0 Å². The zero-order valence-electron chi connectivity index (χ0n) is 10.5. The second kappa shape index (κ2) is 4.86. The molecule has 0 aliphatic heterocycles. The Morgan fingerprint density at radius 3 is 2.72 bits per heavy atom. The Hall–Kier alpha value is -1.74. The first-order valence-corrected chi connectivity index (χ1v) is 5.86. The smallest absolute Gasteiger partial charge is 0.123 e. The molecule has 0 bridgehead atoms. The molecule has 0 fully saturated rings. The highest BCUT2D eigenvalue weighted by Crippen LogP contribution is 2.25. The maximum absolute atomic E-state index is 13.1. The maximum Gasteiger partial charge on any atom is 0.123 e. The standard InChI is InChI=1S/C15H16FNO/c1-11-6-13(10-17-9-11)15(2,18)8-12-4-3-5-14(16)7-12/h3-7,9-10,18H,8H2,1-2H3. The van der Waals surface area contributed by atoms with Crippen molar-refractivity contribution in [2.75, 3.05) is 0 Å². The van der Waals surface area contributed by atoms with Gasteiger partial charge in [-0.3, -0.25) is 4.98 Å². The van der Waals surface area contributed by atoms with Crippen molar-refractivity contribution < 1.29 is 9.50 Å². The fraction of sp³-hybridized carbons (Fsp3) is 0.267. The van der Waals surface area contributed by atoms with Gasteiger partial charge >= 0.3 is 0 Å². The molecule has 2 aromatic rings. The van der Waals surface area contributed by atoms with E-state index < -0.39 is 5.60 Å². The van der Waals surface area contributed by atoms with Gasteiger partial charge in [0.05, 0.1) is 5.60 Å². The number of rotatable bonds is 3. The molecule has 0 aliphatic rings. The number of aryl methyl sites for hydroxylation is 1. The molecule has 0 amide bonds. The quantitative estimate of drug-likeness (QED) is 0.901. The van der Waals surface area contributed by atoms with Crippen molar-refractivity contribution in [1.29, 1.82) is 0 Å². The van der Waals surface area contributed by atoms with Gasteiger partial charge in [-0.25, -0.2) is 4.39 Å². The largest absolute Gasteiger partial charge is 0.385 e. The molecule has 0 saturated carbocycles. The van der Waals surface area contributed by atoms with Crippen LogP contribution in [0.4, 0.5) is 4.39 Å². The van der Waals surface area contributed by atoms with Crippen LogP contribution in [0.25, 0.3) is 0 Å². The third kappa shape index (κ3) is 2.93.